The molecule has 0 aliphatic carbocycles. The maximum atomic E-state index is 13.1. The van der Waals surface area contributed by atoms with Gasteiger partial charge in [-0.05, 0) is 44.2 Å². The first-order valence-electron chi connectivity index (χ1n) is 10.6. The lowest BCUT2D eigenvalue weighted by atomic mass is 10.0. The van der Waals surface area contributed by atoms with Crippen LogP contribution in [-0.2, 0) is 11.3 Å². The van der Waals surface area contributed by atoms with Crippen molar-refractivity contribution in [2.45, 2.75) is 59.4 Å². The number of nitriles is 1. The van der Waals surface area contributed by atoms with E-state index < -0.39 is 0 Å². The lowest BCUT2D eigenvalue weighted by molar-refractivity contribution is -0.122. The Labute approximate surface area is 187 Å². The van der Waals surface area contributed by atoms with Crippen LogP contribution >= 0.6 is 24.0 Å². The number of thioether (sulfide) groups is 1. The van der Waals surface area contributed by atoms with E-state index in [4.69, 9.17) is 12.2 Å². The Bertz CT molecular complexity index is 984. The van der Waals surface area contributed by atoms with Crippen molar-refractivity contribution >= 4 is 46.1 Å². The molecule has 0 radical (unpaired) electrons. The summed E-state index contributed by atoms with van der Waals surface area (Å²) in [5, 5.41) is 9.67. The number of thiocarbonyl (C=S) groups is 1. The predicted molar refractivity (Wildman–Crippen MR) is 127 cm³/mol. The normalized spacial score (nSPS) is 18.0. The molecule has 0 aromatic carbocycles. The van der Waals surface area contributed by atoms with Gasteiger partial charge in [0.05, 0.1) is 4.91 Å². The lowest BCUT2D eigenvalue weighted by Gasteiger charge is -2.26. The van der Waals surface area contributed by atoms with Crippen LogP contribution in [0.2, 0.25) is 0 Å². The highest BCUT2D eigenvalue weighted by Crippen LogP contribution is 2.36. The Morgan fingerprint density at radius 1 is 1.17 bits per heavy atom. The maximum absolute atomic E-state index is 13.1. The van der Waals surface area contributed by atoms with Gasteiger partial charge in [0.1, 0.15) is 21.8 Å². The average Bonchev–Trinajstić information content (AvgIpc) is 3.34. The molecule has 0 N–H and O–H groups in total. The highest BCUT2D eigenvalue weighted by molar-refractivity contribution is 8.26. The van der Waals surface area contributed by atoms with Gasteiger partial charge in [-0.2, -0.15) is 5.26 Å². The fourth-order valence-corrected chi connectivity index (χ4v) is 5.28. The van der Waals surface area contributed by atoms with Crippen molar-refractivity contribution in [1.29, 1.82) is 5.26 Å². The van der Waals surface area contributed by atoms with Gasteiger partial charge in [0, 0.05) is 31.7 Å². The van der Waals surface area contributed by atoms with Crippen LogP contribution in [-0.4, -0.2) is 39.3 Å². The summed E-state index contributed by atoms with van der Waals surface area (Å²) in [7, 11) is 0. The average molecular weight is 445 g/mol. The first kappa shape index (κ1) is 22.6. The van der Waals surface area contributed by atoms with E-state index in [2.05, 4.69) is 17.9 Å². The fourth-order valence-electron chi connectivity index (χ4n) is 3.98. The zero-order valence-corrected chi connectivity index (χ0v) is 19.5. The summed E-state index contributed by atoms with van der Waals surface area (Å²) in [5.74, 6) is 0.742. The van der Waals surface area contributed by atoms with Crippen molar-refractivity contribution in [3.8, 4) is 6.07 Å². The molecule has 8 heteroatoms. The van der Waals surface area contributed by atoms with Crippen LogP contribution in [0.3, 0.4) is 0 Å². The third kappa shape index (κ3) is 4.19. The Morgan fingerprint density at radius 3 is 2.47 bits per heavy atom. The van der Waals surface area contributed by atoms with Crippen LogP contribution in [0.5, 0.6) is 0 Å². The molecule has 0 unspecified atom stereocenters. The molecule has 0 bridgehead atoms. The minimum atomic E-state index is -0.244. The molecule has 2 fully saturated rings. The first-order valence-corrected chi connectivity index (χ1v) is 11.8. The molecule has 160 valence electrons. The number of nitrogens with zero attached hydrogens (tertiary/aromatic N) is 4. The summed E-state index contributed by atoms with van der Waals surface area (Å²) >= 11 is 6.75. The van der Waals surface area contributed by atoms with Gasteiger partial charge in [0.2, 0.25) is 0 Å². The molecule has 1 aromatic rings. The smallest absolute Gasteiger partial charge is 0.270 e. The molecule has 3 heterocycles. The van der Waals surface area contributed by atoms with Crippen LogP contribution in [0.25, 0.3) is 6.08 Å². The zero-order chi connectivity index (χ0) is 21.8. The first-order chi connectivity index (χ1) is 14.4. The molecule has 0 saturated carbocycles. The second kappa shape index (κ2) is 9.80. The Balaban J connectivity index is 2.18. The van der Waals surface area contributed by atoms with E-state index in [9.17, 15) is 14.9 Å². The van der Waals surface area contributed by atoms with Crippen molar-refractivity contribution in [2.75, 3.05) is 24.5 Å². The summed E-state index contributed by atoms with van der Waals surface area (Å²) < 4.78 is 2.29. The van der Waals surface area contributed by atoms with Gasteiger partial charge < -0.3 is 4.90 Å². The van der Waals surface area contributed by atoms with Gasteiger partial charge in [-0.15, -0.1) is 0 Å². The van der Waals surface area contributed by atoms with E-state index in [1.54, 1.807) is 16.4 Å². The number of aromatic nitrogens is 1. The molecular formula is C22H28N4O2S2. The van der Waals surface area contributed by atoms with Crippen molar-refractivity contribution in [2.24, 2.45) is 0 Å². The molecule has 2 saturated heterocycles. The fraction of sp³-hybridized carbons (Fsp3) is 0.545. The zero-order valence-electron chi connectivity index (χ0n) is 17.9. The minimum Gasteiger partial charge on any atom is -0.357 e. The van der Waals surface area contributed by atoms with E-state index in [0.29, 0.717) is 27.9 Å². The van der Waals surface area contributed by atoms with Crippen LogP contribution in [0.4, 0.5) is 5.82 Å². The number of amides is 1. The largest absolute Gasteiger partial charge is 0.357 e. The van der Waals surface area contributed by atoms with Gasteiger partial charge >= 0.3 is 0 Å². The van der Waals surface area contributed by atoms with Crippen LogP contribution < -0.4 is 10.5 Å². The van der Waals surface area contributed by atoms with E-state index in [-0.39, 0.29) is 17.0 Å². The number of unbranched alkanes of at least 4 members (excludes halogenated alkanes) is 1. The molecule has 30 heavy (non-hydrogen) atoms. The second-order valence-electron chi connectivity index (χ2n) is 7.69. The summed E-state index contributed by atoms with van der Waals surface area (Å²) in [6.45, 7) is 8.80. The summed E-state index contributed by atoms with van der Waals surface area (Å²) in [5.41, 5.74) is 1.33. The van der Waals surface area contributed by atoms with Crippen LogP contribution in [0.1, 0.15) is 62.6 Å². The van der Waals surface area contributed by atoms with Gasteiger partial charge in [0.25, 0.3) is 11.5 Å². The number of carbonyl (C=O) groups excluding carboxylic acids is 1. The van der Waals surface area contributed by atoms with Crippen molar-refractivity contribution < 1.29 is 4.79 Å². The summed E-state index contributed by atoms with van der Waals surface area (Å²) in [6, 6.07) is 2.09. The molecule has 3 rings (SSSR count). The molecule has 1 amide bonds. The topological polar surface area (TPSA) is 69.3 Å². The molecule has 1 aromatic heterocycles. The third-order valence-electron chi connectivity index (χ3n) is 5.58. The second-order valence-corrected chi connectivity index (χ2v) is 9.36. The van der Waals surface area contributed by atoms with E-state index in [1.165, 1.54) is 11.8 Å². The van der Waals surface area contributed by atoms with E-state index in [0.717, 1.165) is 56.6 Å². The van der Waals surface area contributed by atoms with Crippen molar-refractivity contribution in [3.63, 3.8) is 0 Å². The monoisotopic (exact) mass is 444 g/mol. The SMILES string of the molecule is CCCCN1C(=O)C(=Cc2c(C)c(C#N)c(=O)n(CCC)c2N2CCCC2)SC1=S. The quantitative estimate of drug-likeness (QED) is 0.467. The number of pyridine rings is 1. The number of carbonyl (C=O) groups is 1. The van der Waals surface area contributed by atoms with Crippen molar-refractivity contribution in [1.82, 2.24) is 9.47 Å². The lowest BCUT2D eigenvalue weighted by Crippen LogP contribution is -2.33. The highest BCUT2D eigenvalue weighted by atomic mass is 32.2. The molecule has 2 aliphatic heterocycles. The van der Waals surface area contributed by atoms with Crippen LogP contribution in [0.15, 0.2) is 9.70 Å². The van der Waals surface area contributed by atoms with Crippen LogP contribution in [0, 0.1) is 18.3 Å². The van der Waals surface area contributed by atoms with Gasteiger partial charge in [0.15, 0.2) is 0 Å². The highest BCUT2D eigenvalue weighted by Gasteiger charge is 2.33. The molecule has 2 aliphatic rings. The summed E-state index contributed by atoms with van der Waals surface area (Å²) in [6.07, 6.45) is 6.66. The number of hydrogen-bond donors (Lipinski definition) is 0. The Morgan fingerprint density at radius 2 is 1.87 bits per heavy atom. The van der Waals surface area contributed by atoms with E-state index >= 15 is 0 Å². The summed E-state index contributed by atoms with van der Waals surface area (Å²) in [4.78, 5) is 30.5. The van der Waals surface area contributed by atoms with Gasteiger partial charge in [-0.3, -0.25) is 19.1 Å². The third-order valence-corrected chi connectivity index (χ3v) is 6.96. The predicted octanol–water partition coefficient (Wildman–Crippen LogP) is 4.04. The molecule has 6 nitrogen and oxygen atoms in total. The Hall–Kier alpha value is -2.11. The number of hydrogen-bond acceptors (Lipinski definition) is 6. The van der Waals surface area contributed by atoms with Gasteiger partial charge in [-0.25, -0.2) is 0 Å². The van der Waals surface area contributed by atoms with Gasteiger partial charge in [-0.1, -0.05) is 44.2 Å². The Kier molecular flexibility index (Phi) is 7.37. The molecule has 0 atom stereocenters. The van der Waals surface area contributed by atoms with Crippen molar-refractivity contribution in [3.05, 3.63) is 31.9 Å². The number of rotatable bonds is 7. The maximum Gasteiger partial charge on any atom is 0.270 e. The number of anilines is 1. The molecular weight excluding hydrogens is 416 g/mol. The molecule has 0 spiro atoms. The minimum absolute atomic E-state index is 0.0861. The standard InChI is InChI=1S/C22H28N4O2S2/c1-4-6-12-26-21(28)18(30-22(26)29)13-16-15(3)17(14-23)20(27)25(9-5-2)19(16)24-10-7-8-11-24/h13H,4-12H2,1-3H3. The van der Waals surface area contributed by atoms with E-state index in [1.807, 2.05) is 13.0 Å².